The van der Waals surface area contributed by atoms with Crippen LogP contribution in [-0.4, -0.2) is 56.7 Å². The minimum absolute atomic E-state index is 0.196. The summed E-state index contributed by atoms with van der Waals surface area (Å²) in [5.74, 6) is 0.748. The van der Waals surface area contributed by atoms with Gasteiger partial charge in [-0.3, -0.25) is 4.57 Å². The number of rotatable bonds is 4. The zero-order chi connectivity index (χ0) is 19.3. The van der Waals surface area contributed by atoms with Gasteiger partial charge in [-0.15, -0.1) is 0 Å². The number of aliphatic hydroxyl groups excluding tert-OH is 1. The van der Waals surface area contributed by atoms with Gasteiger partial charge in [-0.1, -0.05) is 23.7 Å². The molecule has 2 aromatic heterocycles. The third-order valence-electron chi connectivity index (χ3n) is 5.00. The fourth-order valence-electron chi connectivity index (χ4n) is 3.63. The maximum atomic E-state index is 9.76. The molecule has 2 aliphatic heterocycles. The Bertz CT molecular complexity index is 997. The first-order valence-corrected chi connectivity index (χ1v) is 9.11. The second-order valence-corrected chi connectivity index (χ2v) is 6.90. The molecule has 2 saturated heterocycles. The van der Waals surface area contributed by atoms with Crippen molar-refractivity contribution >= 4 is 22.8 Å². The summed E-state index contributed by atoms with van der Waals surface area (Å²) in [4.78, 5) is 12.5. The number of aromatic nitrogens is 4. The van der Waals surface area contributed by atoms with Gasteiger partial charge in [0.25, 0.3) is 0 Å². The van der Waals surface area contributed by atoms with Crippen LogP contribution in [0.3, 0.4) is 0 Å². The Morgan fingerprint density at radius 3 is 2.64 bits per heavy atom. The molecule has 5 rings (SSSR count). The molecule has 28 heavy (non-hydrogen) atoms. The van der Waals surface area contributed by atoms with Crippen molar-refractivity contribution in [2.45, 2.75) is 30.8 Å². The predicted octanol–water partition coefficient (Wildman–Crippen LogP) is 1.86. The average Bonchev–Trinajstić information content (AvgIpc) is 3.42. The molecule has 2 aliphatic rings. The number of aliphatic hydroxyl groups is 1. The Labute approximate surface area is 164 Å². The molecule has 0 bridgehead atoms. The Hall–Kier alpha value is -2.30. The second-order valence-electron chi connectivity index (χ2n) is 6.54. The molecule has 4 heterocycles. The van der Waals surface area contributed by atoms with E-state index < -0.39 is 30.8 Å². The zero-order valence-electron chi connectivity index (χ0n) is 14.8. The van der Waals surface area contributed by atoms with Crippen LogP contribution in [0.1, 0.15) is 18.1 Å². The van der Waals surface area contributed by atoms with Gasteiger partial charge in [0.05, 0.1) is 20.0 Å². The van der Waals surface area contributed by atoms with Gasteiger partial charge in [-0.05, 0) is 12.1 Å². The van der Waals surface area contributed by atoms with Crippen LogP contribution in [0.5, 0.6) is 5.75 Å². The van der Waals surface area contributed by atoms with E-state index in [9.17, 15) is 5.11 Å². The Morgan fingerprint density at radius 1 is 1.11 bits per heavy atom. The van der Waals surface area contributed by atoms with Gasteiger partial charge < -0.3 is 24.1 Å². The van der Waals surface area contributed by atoms with Gasteiger partial charge in [0, 0.05) is 5.56 Å². The van der Waals surface area contributed by atoms with Crippen LogP contribution in [-0.2, 0) is 14.2 Å². The number of benzene rings is 1. The lowest BCUT2D eigenvalue weighted by atomic mass is 10.1. The number of hydrogen-bond donors (Lipinski definition) is 1. The van der Waals surface area contributed by atoms with Crippen LogP contribution >= 0.6 is 11.6 Å². The summed E-state index contributed by atoms with van der Waals surface area (Å²) in [5, 5.41) is 10.0. The van der Waals surface area contributed by atoms with Crippen LogP contribution < -0.4 is 4.74 Å². The lowest BCUT2D eigenvalue weighted by Gasteiger charge is -2.20. The van der Waals surface area contributed by atoms with Crippen molar-refractivity contribution in [3.05, 3.63) is 47.6 Å². The highest BCUT2D eigenvalue weighted by atomic mass is 35.5. The van der Waals surface area contributed by atoms with Gasteiger partial charge >= 0.3 is 0 Å². The Morgan fingerprint density at radius 2 is 1.89 bits per heavy atom. The van der Waals surface area contributed by atoms with Crippen molar-refractivity contribution in [2.24, 2.45) is 0 Å². The molecule has 9 nitrogen and oxygen atoms in total. The maximum Gasteiger partial charge on any atom is 0.185 e. The van der Waals surface area contributed by atoms with Crippen molar-refractivity contribution in [3.8, 4) is 5.75 Å². The number of hydrogen-bond acceptors (Lipinski definition) is 8. The van der Waals surface area contributed by atoms with E-state index in [2.05, 4.69) is 15.0 Å². The first kappa shape index (κ1) is 17.8. The summed E-state index contributed by atoms with van der Waals surface area (Å²) in [6.07, 6.45) is 0.387. The summed E-state index contributed by atoms with van der Waals surface area (Å²) in [5.41, 5.74) is 1.85. The first-order valence-electron chi connectivity index (χ1n) is 8.74. The molecule has 3 aromatic rings. The molecule has 1 aromatic carbocycles. The highest BCUT2D eigenvalue weighted by Gasteiger charge is 2.53. The molecule has 1 N–H and O–H groups in total. The summed E-state index contributed by atoms with van der Waals surface area (Å²) in [6, 6.07) is 7.45. The van der Waals surface area contributed by atoms with Crippen molar-refractivity contribution in [2.75, 3.05) is 13.7 Å². The molecule has 2 fully saturated rings. The molecule has 0 radical (unpaired) electrons. The van der Waals surface area contributed by atoms with Crippen LogP contribution in [0.15, 0.2) is 36.9 Å². The first-order chi connectivity index (χ1) is 13.7. The molecule has 0 aliphatic carbocycles. The van der Waals surface area contributed by atoms with E-state index in [4.69, 9.17) is 30.5 Å². The molecule has 0 spiro atoms. The fourth-order valence-corrected chi connectivity index (χ4v) is 3.81. The highest BCUT2D eigenvalue weighted by Crippen LogP contribution is 2.44. The predicted molar refractivity (Wildman–Crippen MR) is 96.8 cm³/mol. The topological polar surface area (TPSA) is 101 Å². The van der Waals surface area contributed by atoms with Crippen molar-refractivity contribution in [3.63, 3.8) is 0 Å². The normalized spacial score (nSPS) is 29.3. The van der Waals surface area contributed by atoms with E-state index in [0.29, 0.717) is 11.2 Å². The van der Waals surface area contributed by atoms with Gasteiger partial charge in [-0.2, -0.15) is 0 Å². The summed E-state index contributed by atoms with van der Waals surface area (Å²) in [6.45, 7) is -0.196. The zero-order valence-corrected chi connectivity index (χ0v) is 15.6. The lowest BCUT2D eigenvalue weighted by Crippen LogP contribution is -2.30. The van der Waals surface area contributed by atoms with Crippen molar-refractivity contribution in [1.82, 2.24) is 19.5 Å². The van der Waals surface area contributed by atoms with Gasteiger partial charge in [0.15, 0.2) is 23.3 Å². The van der Waals surface area contributed by atoms with E-state index >= 15 is 0 Å². The molecule has 5 unspecified atom stereocenters. The number of imidazole rings is 1. The van der Waals surface area contributed by atoms with E-state index in [1.807, 2.05) is 24.3 Å². The van der Waals surface area contributed by atoms with Crippen LogP contribution in [0.25, 0.3) is 11.2 Å². The van der Waals surface area contributed by atoms with Gasteiger partial charge in [0.1, 0.15) is 35.9 Å². The molecule has 10 heteroatoms. The van der Waals surface area contributed by atoms with Gasteiger partial charge in [0.2, 0.25) is 0 Å². The van der Waals surface area contributed by atoms with Crippen LogP contribution in [0.4, 0.5) is 0 Å². The summed E-state index contributed by atoms with van der Waals surface area (Å²) >= 11 is 6.10. The number of fused-ring (bicyclic) bond motifs is 2. The fraction of sp³-hybridized carbons (Fsp3) is 0.389. The van der Waals surface area contributed by atoms with Gasteiger partial charge in [-0.25, -0.2) is 15.0 Å². The van der Waals surface area contributed by atoms with Crippen LogP contribution in [0, 0.1) is 0 Å². The smallest absolute Gasteiger partial charge is 0.185 e. The number of ether oxygens (including phenoxy) is 4. The molecule has 146 valence electrons. The Balaban J connectivity index is 1.46. The van der Waals surface area contributed by atoms with E-state index in [-0.39, 0.29) is 11.8 Å². The molecule has 0 saturated carbocycles. The SMILES string of the molecule is COc1ccc(C2OC3C(CO)OC(n4cnc5c(Cl)ncnc54)C3O2)cc1. The van der Waals surface area contributed by atoms with Crippen LogP contribution in [0.2, 0.25) is 5.15 Å². The van der Waals surface area contributed by atoms with E-state index in [0.717, 1.165) is 11.3 Å². The third-order valence-corrected chi connectivity index (χ3v) is 5.28. The molecular formula is C18H17ClN4O5. The van der Waals surface area contributed by atoms with E-state index in [1.165, 1.54) is 6.33 Å². The van der Waals surface area contributed by atoms with Crippen molar-refractivity contribution < 1.29 is 24.1 Å². The molecular weight excluding hydrogens is 388 g/mol. The monoisotopic (exact) mass is 404 g/mol. The second kappa shape index (κ2) is 6.94. The maximum absolute atomic E-state index is 9.76. The largest absolute Gasteiger partial charge is 0.497 e. The lowest BCUT2D eigenvalue weighted by molar-refractivity contribution is -0.153. The average molecular weight is 405 g/mol. The highest BCUT2D eigenvalue weighted by molar-refractivity contribution is 6.33. The standard InChI is InChI=1S/C18H17ClN4O5/c1-25-10-4-2-9(3-5-10)18-27-13-11(6-24)26-17(14(13)28-18)23-8-22-12-15(19)20-7-21-16(12)23/h2-5,7-8,11,13-14,17-18,24H,6H2,1H3. The number of methoxy groups -OCH3 is 1. The summed E-state index contributed by atoms with van der Waals surface area (Å²) < 4.78 is 25.2. The minimum Gasteiger partial charge on any atom is -0.497 e. The van der Waals surface area contributed by atoms with Crippen molar-refractivity contribution in [1.29, 1.82) is 0 Å². The number of halogens is 1. The molecule has 5 atom stereocenters. The summed E-state index contributed by atoms with van der Waals surface area (Å²) in [7, 11) is 1.61. The minimum atomic E-state index is -0.575. The molecule has 0 amide bonds. The third kappa shape index (κ3) is 2.75. The van der Waals surface area contributed by atoms with E-state index in [1.54, 1.807) is 18.0 Å². The number of nitrogens with zero attached hydrogens (tertiary/aromatic N) is 4. The quantitative estimate of drug-likeness (QED) is 0.657. The Kier molecular flexibility index (Phi) is 4.41.